The molecule has 0 spiro atoms. The minimum absolute atomic E-state index is 0.623. The molecular weight excluding hydrogens is 653 g/mol. The summed E-state index contributed by atoms with van der Waals surface area (Å²) in [5.74, 6) is 2.84. The number of para-hydroxylation sites is 4. The third kappa shape index (κ3) is 4.81. The first-order valence-corrected chi connectivity index (χ1v) is 18.0. The van der Waals surface area contributed by atoms with Crippen LogP contribution >= 0.6 is 0 Å². The summed E-state index contributed by atoms with van der Waals surface area (Å²) in [7, 11) is 0. The Morgan fingerprint density at radius 2 is 1.00 bits per heavy atom. The van der Waals surface area contributed by atoms with Crippen molar-refractivity contribution in [2.45, 2.75) is 41.5 Å². The fourth-order valence-corrected chi connectivity index (χ4v) is 8.44. The molecule has 7 nitrogen and oxygen atoms in total. The Morgan fingerprint density at radius 3 is 1.64 bits per heavy atom. The van der Waals surface area contributed by atoms with Crippen LogP contribution in [-0.4, -0.2) is 28.9 Å². The SMILES string of the molecule is Cc1cc(C)c(-c2nc(-c3ccc4oc5ccc(-n6c7ccccc7n7c8ccccc8nc67)cc5c4c3)nc(-c3c(C)cc(C)cc3C)n2)c(C)c1. The highest BCUT2D eigenvalue weighted by molar-refractivity contribution is 6.07. The molecule has 0 aliphatic heterocycles. The Balaban J connectivity index is 1.19. The van der Waals surface area contributed by atoms with Gasteiger partial charge in [-0.15, -0.1) is 0 Å². The maximum Gasteiger partial charge on any atom is 0.220 e. The van der Waals surface area contributed by atoms with Gasteiger partial charge >= 0.3 is 0 Å². The van der Waals surface area contributed by atoms with E-state index in [1.165, 1.54) is 11.1 Å². The third-order valence-corrected chi connectivity index (χ3v) is 10.5. The molecule has 0 fully saturated rings. The molecule has 0 radical (unpaired) electrons. The van der Waals surface area contributed by atoms with Crippen molar-refractivity contribution in [2.24, 2.45) is 0 Å². The number of hydrogen-bond donors (Lipinski definition) is 0. The van der Waals surface area contributed by atoms with E-state index in [1.54, 1.807) is 0 Å². The zero-order valence-corrected chi connectivity index (χ0v) is 30.5. The molecule has 4 heterocycles. The van der Waals surface area contributed by atoms with Gasteiger partial charge in [0, 0.05) is 27.5 Å². The predicted octanol–water partition coefficient (Wildman–Crippen LogP) is 11.4. The number of furan rings is 1. The van der Waals surface area contributed by atoms with Gasteiger partial charge in [0.05, 0.1) is 27.8 Å². The second-order valence-electron chi connectivity index (χ2n) is 14.4. The molecule has 256 valence electrons. The van der Waals surface area contributed by atoms with Gasteiger partial charge in [-0.25, -0.2) is 19.9 Å². The summed E-state index contributed by atoms with van der Waals surface area (Å²) in [4.78, 5) is 20.6. The van der Waals surface area contributed by atoms with Crippen molar-refractivity contribution in [3.8, 4) is 39.9 Å². The van der Waals surface area contributed by atoms with Gasteiger partial charge < -0.3 is 4.42 Å². The van der Waals surface area contributed by atoms with Crippen LogP contribution in [0.5, 0.6) is 0 Å². The van der Waals surface area contributed by atoms with Crippen molar-refractivity contribution < 1.29 is 4.42 Å². The van der Waals surface area contributed by atoms with E-state index in [9.17, 15) is 0 Å². The van der Waals surface area contributed by atoms with E-state index in [2.05, 4.69) is 148 Å². The molecule has 0 saturated heterocycles. The van der Waals surface area contributed by atoms with Crippen molar-refractivity contribution in [3.63, 3.8) is 0 Å². The Labute approximate surface area is 306 Å². The van der Waals surface area contributed by atoms with E-state index in [1.807, 2.05) is 12.1 Å². The number of nitrogens with zero attached hydrogens (tertiary/aromatic N) is 6. The van der Waals surface area contributed by atoms with Crippen molar-refractivity contribution in [1.82, 2.24) is 28.9 Å². The first kappa shape index (κ1) is 31.2. The first-order valence-electron chi connectivity index (χ1n) is 18.0. The number of aromatic nitrogens is 6. The van der Waals surface area contributed by atoms with Gasteiger partial charge in [-0.3, -0.25) is 8.97 Å². The summed E-state index contributed by atoms with van der Waals surface area (Å²) in [6.07, 6.45) is 0. The number of imidazole rings is 2. The molecule has 4 aromatic heterocycles. The van der Waals surface area contributed by atoms with Crippen LogP contribution < -0.4 is 0 Å². The summed E-state index contributed by atoms with van der Waals surface area (Å²) in [6, 6.07) is 38.2. The molecule has 53 heavy (non-hydrogen) atoms. The van der Waals surface area contributed by atoms with Gasteiger partial charge in [0.15, 0.2) is 17.5 Å². The Bertz CT molecular complexity index is 3020. The Morgan fingerprint density at radius 1 is 0.472 bits per heavy atom. The molecule has 6 aromatic carbocycles. The summed E-state index contributed by atoms with van der Waals surface area (Å²) < 4.78 is 10.9. The van der Waals surface area contributed by atoms with E-state index < -0.39 is 0 Å². The highest BCUT2D eigenvalue weighted by Gasteiger charge is 2.21. The molecule has 10 aromatic rings. The van der Waals surface area contributed by atoms with Crippen LogP contribution in [0.1, 0.15) is 33.4 Å². The van der Waals surface area contributed by atoms with Crippen LogP contribution in [0.2, 0.25) is 0 Å². The minimum atomic E-state index is 0.623. The Kier molecular flexibility index (Phi) is 6.73. The van der Waals surface area contributed by atoms with E-state index >= 15 is 0 Å². The minimum Gasteiger partial charge on any atom is -0.456 e. The van der Waals surface area contributed by atoms with E-state index in [4.69, 9.17) is 24.4 Å². The average molecular weight is 689 g/mol. The molecule has 0 N–H and O–H groups in total. The van der Waals surface area contributed by atoms with Crippen LogP contribution in [0.4, 0.5) is 0 Å². The lowest BCUT2D eigenvalue weighted by Crippen LogP contribution is -2.04. The van der Waals surface area contributed by atoms with Gasteiger partial charge in [-0.05, 0) is 124 Å². The number of fused-ring (bicyclic) bond motifs is 8. The highest BCUT2D eigenvalue weighted by atomic mass is 16.3. The lowest BCUT2D eigenvalue weighted by molar-refractivity contribution is 0.669. The van der Waals surface area contributed by atoms with Crippen molar-refractivity contribution >= 4 is 49.8 Å². The molecule has 0 aliphatic rings. The second-order valence-corrected chi connectivity index (χ2v) is 14.4. The van der Waals surface area contributed by atoms with Crippen LogP contribution in [0.15, 0.2) is 114 Å². The monoisotopic (exact) mass is 688 g/mol. The topological polar surface area (TPSA) is 74.0 Å². The maximum atomic E-state index is 6.43. The fraction of sp³-hybridized carbons (Fsp3) is 0.130. The molecule has 0 amide bonds. The van der Waals surface area contributed by atoms with Crippen LogP contribution in [0.3, 0.4) is 0 Å². The smallest absolute Gasteiger partial charge is 0.220 e. The first-order chi connectivity index (χ1) is 25.7. The zero-order chi connectivity index (χ0) is 36.1. The van der Waals surface area contributed by atoms with Gasteiger partial charge in [-0.1, -0.05) is 59.7 Å². The standard InChI is InChI=1S/C46H36N6O/c1-25-19-27(3)41(28(4)20-25)44-48-43(49-45(50-44)42-29(5)21-26(2)22-30(42)6)31-15-17-39-33(23-31)34-24-32(16-18-40(34)53-39)51-37-13-9-10-14-38(37)52-36-12-8-7-11-35(36)47-46(51)52/h7-24H,1-6H3. The molecule has 10 rings (SSSR count). The van der Waals surface area contributed by atoms with Crippen LogP contribution in [-0.2, 0) is 0 Å². The maximum absolute atomic E-state index is 6.43. The summed E-state index contributed by atoms with van der Waals surface area (Å²) in [5, 5.41) is 2.01. The third-order valence-electron chi connectivity index (χ3n) is 10.5. The summed E-state index contributed by atoms with van der Waals surface area (Å²) in [6.45, 7) is 12.8. The van der Waals surface area contributed by atoms with Crippen LogP contribution in [0, 0.1) is 41.5 Å². The quantitative estimate of drug-likeness (QED) is 0.184. The Hall–Kier alpha value is -6.60. The number of aryl methyl sites for hydroxylation is 6. The van der Waals surface area contributed by atoms with E-state index in [0.29, 0.717) is 17.5 Å². The highest BCUT2D eigenvalue weighted by Crippen LogP contribution is 2.37. The molecular formula is C46H36N6O. The normalized spacial score (nSPS) is 12.0. The molecule has 0 unspecified atom stereocenters. The van der Waals surface area contributed by atoms with Crippen molar-refractivity contribution in [1.29, 1.82) is 0 Å². The molecule has 0 aliphatic carbocycles. The molecule has 0 saturated carbocycles. The number of hydrogen-bond acceptors (Lipinski definition) is 5. The molecule has 7 heteroatoms. The van der Waals surface area contributed by atoms with Crippen molar-refractivity contribution in [2.75, 3.05) is 0 Å². The number of rotatable bonds is 4. The largest absolute Gasteiger partial charge is 0.456 e. The van der Waals surface area contributed by atoms with Crippen molar-refractivity contribution in [3.05, 3.63) is 143 Å². The van der Waals surface area contributed by atoms with Gasteiger partial charge in [0.1, 0.15) is 11.2 Å². The van der Waals surface area contributed by atoms with E-state index in [0.717, 1.165) is 94.4 Å². The predicted molar refractivity (Wildman–Crippen MR) is 215 cm³/mol. The van der Waals surface area contributed by atoms with E-state index in [-0.39, 0.29) is 0 Å². The zero-order valence-electron chi connectivity index (χ0n) is 30.5. The summed E-state index contributed by atoms with van der Waals surface area (Å²) in [5.41, 5.74) is 16.8. The van der Waals surface area contributed by atoms with Gasteiger partial charge in [0.2, 0.25) is 5.78 Å². The number of benzene rings is 6. The van der Waals surface area contributed by atoms with Gasteiger partial charge in [-0.2, -0.15) is 0 Å². The average Bonchev–Trinajstić information content (AvgIpc) is 3.79. The lowest BCUT2D eigenvalue weighted by Gasteiger charge is -2.15. The second kappa shape index (κ2) is 11.5. The van der Waals surface area contributed by atoms with Gasteiger partial charge in [0.25, 0.3) is 0 Å². The molecule has 0 atom stereocenters. The fourth-order valence-electron chi connectivity index (χ4n) is 8.44. The lowest BCUT2D eigenvalue weighted by atomic mass is 9.97. The molecule has 0 bridgehead atoms. The van der Waals surface area contributed by atoms with Crippen LogP contribution in [0.25, 0.3) is 89.6 Å². The summed E-state index contributed by atoms with van der Waals surface area (Å²) >= 11 is 0.